The second kappa shape index (κ2) is 10.6. The maximum atomic E-state index is 4.73. The van der Waals surface area contributed by atoms with Gasteiger partial charge >= 0.3 is 0 Å². The monoisotopic (exact) mass is 491 g/mol. The Labute approximate surface area is 179 Å². The van der Waals surface area contributed by atoms with Crippen molar-refractivity contribution in [1.29, 1.82) is 0 Å². The fraction of sp³-hybridized carbons (Fsp3) is 0.684. The van der Waals surface area contributed by atoms with Gasteiger partial charge in [0.1, 0.15) is 5.01 Å². The zero-order valence-corrected chi connectivity index (χ0v) is 19.9. The van der Waals surface area contributed by atoms with Gasteiger partial charge in [-0.05, 0) is 19.8 Å². The van der Waals surface area contributed by atoms with Crippen LogP contribution in [0.15, 0.2) is 22.5 Å². The van der Waals surface area contributed by atoms with Gasteiger partial charge in [0.2, 0.25) is 0 Å². The summed E-state index contributed by atoms with van der Waals surface area (Å²) in [4.78, 5) is 11.6. The van der Waals surface area contributed by atoms with E-state index < -0.39 is 0 Å². The number of aliphatic imine (C=N–C) groups is 1. The molecule has 0 radical (unpaired) electrons. The Morgan fingerprint density at radius 3 is 2.54 bits per heavy atom. The van der Waals surface area contributed by atoms with E-state index >= 15 is 0 Å². The van der Waals surface area contributed by atoms with E-state index in [4.69, 9.17) is 4.98 Å². The van der Waals surface area contributed by atoms with Gasteiger partial charge in [-0.15, -0.1) is 35.3 Å². The third-order valence-electron chi connectivity index (χ3n) is 4.37. The van der Waals surface area contributed by atoms with Gasteiger partial charge in [-0.1, -0.05) is 32.9 Å². The summed E-state index contributed by atoms with van der Waals surface area (Å²) in [6, 6.07) is 0.481. The molecule has 1 aliphatic heterocycles. The van der Waals surface area contributed by atoms with Crippen LogP contribution in [0.1, 0.15) is 51.2 Å². The molecular formula is C19H34IN5S. The first-order valence-electron chi connectivity index (χ1n) is 9.06. The van der Waals surface area contributed by atoms with Crippen LogP contribution in [0, 0.1) is 0 Å². The molecular weight excluding hydrogens is 457 g/mol. The molecule has 2 rings (SSSR count). The lowest BCUT2D eigenvalue weighted by Gasteiger charge is -2.33. The molecule has 2 heterocycles. The Morgan fingerprint density at radius 2 is 2.04 bits per heavy atom. The van der Waals surface area contributed by atoms with E-state index in [1.165, 1.54) is 5.57 Å². The van der Waals surface area contributed by atoms with Gasteiger partial charge in [-0.3, -0.25) is 9.89 Å². The number of nitrogens with one attached hydrogen (secondary N) is 2. The SMILES string of the molecule is C=C(C)CN1CCC(NC(=NC)NCc2nc(C(C)(C)C)cs2)CC1.I. The van der Waals surface area contributed by atoms with Crippen LogP contribution in [0.5, 0.6) is 0 Å². The van der Waals surface area contributed by atoms with E-state index in [0.717, 1.165) is 55.7 Å². The molecule has 0 aromatic carbocycles. The van der Waals surface area contributed by atoms with Gasteiger partial charge < -0.3 is 10.6 Å². The lowest BCUT2D eigenvalue weighted by Crippen LogP contribution is -2.48. The number of likely N-dealkylation sites (tertiary alicyclic amines) is 1. The van der Waals surface area contributed by atoms with Gasteiger partial charge in [0, 0.05) is 43.5 Å². The highest BCUT2D eigenvalue weighted by Gasteiger charge is 2.20. The number of halogens is 1. The van der Waals surface area contributed by atoms with Crippen LogP contribution in [0.3, 0.4) is 0 Å². The highest BCUT2D eigenvalue weighted by atomic mass is 127. The smallest absolute Gasteiger partial charge is 0.191 e. The summed E-state index contributed by atoms with van der Waals surface area (Å²) in [6.45, 7) is 16.6. The van der Waals surface area contributed by atoms with Crippen LogP contribution in [0.2, 0.25) is 0 Å². The number of rotatable bonds is 5. The van der Waals surface area contributed by atoms with E-state index in [-0.39, 0.29) is 29.4 Å². The van der Waals surface area contributed by atoms with E-state index in [9.17, 15) is 0 Å². The number of aromatic nitrogens is 1. The van der Waals surface area contributed by atoms with Crippen molar-refractivity contribution >= 4 is 41.3 Å². The Hall–Kier alpha value is -0.670. The molecule has 0 unspecified atom stereocenters. The summed E-state index contributed by atoms with van der Waals surface area (Å²) in [5, 5.41) is 10.2. The zero-order chi connectivity index (χ0) is 18.4. The first-order chi connectivity index (χ1) is 11.8. The highest BCUT2D eigenvalue weighted by molar-refractivity contribution is 14.0. The van der Waals surface area contributed by atoms with Crippen molar-refractivity contribution in [1.82, 2.24) is 20.5 Å². The minimum atomic E-state index is 0. The molecule has 1 aromatic rings. The number of nitrogens with zero attached hydrogens (tertiary/aromatic N) is 3. The number of hydrogen-bond acceptors (Lipinski definition) is 4. The molecule has 148 valence electrons. The summed E-state index contributed by atoms with van der Waals surface area (Å²) in [5.41, 5.74) is 2.50. The minimum Gasteiger partial charge on any atom is -0.354 e. The molecule has 0 saturated carbocycles. The van der Waals surface area contributed by atoms with E-state index in [1.807, 2.05) is 7.05 Å². The van der Waals surface area contributed by atoms with Crippen molar-refractivity contribution in [2.75, 3.05) is 26.7 Å². The molecule has 0 atom stereocenters. The molecule has 1 aliphatic rings. The third kappa shape index (κ3) is 7.52. The van der Waals surface area contributed by atoms with Crippen LogP contribution >= 0.6 is 35.3 Å². The molecule has 26 heavy (non-hydrogen) atoms. The number of piperidine rings is 1. The summed E-state index contributed by atoms with van der Waals surface area (Å²) >= 11 is 1.71. The van der Waals surface area contributed by atoms with Gasteiger partial charge in [0.25, 0.3) is 0 Å². The number of guanidine groups is 1. The van der Waals surface area contributed by atoms with Crippen molar-refractivity contribution in [3.63, 3.8) is 0 Å². The summed E-state index contributed by atoms with van der Waals surface area (Å²) in [5.74, 6) is 0.867. The molecule has 0 aliphatic carbocycles. The predicted molar refractivity (Wildman–Crippen MR) is 124 cm³/mol. The maximum absolute atomic E-state index is 4.73. The molecule has 1 aromatic heterocycles. The number of thiazole rings is 1. The molecule has 1 fully saturated rings. The second-order valence-corrected chi connectivity index (χ2v) is 8.90. The van der Waals surface area contributed by atoms with Gasteiger partial charge in [-0.2, -0.15) is 0 Å². The van der Waals surface area contributed by atoms with E-state index in [0.29, 0.717) is 6.04 Å². The van der Waals surface area contributed by atoms with Crippen LogP contribution in [0.4, 0.5) is 0 Å². The summed E-state index contributed by atoms with van der Waals surface area (Å²) < 4.78 is 0. The summed E-state index contributed by atoms with van der Waals surface area (Å²) in [7, 11) is 1.83. The molecule has 7 heteroatoms. The zero-order valence-electron chi connectivity index (χ0n) is 16.8. The lowest BCUT2D eigenvalue weighted by atomic mass is 9.93. The fourth-order valence-electron chi connectivity index (χ4n) is 2.90. The molecule has 2 N–H and O–H groups in total. The van der Waals surface area contributed by atoms with Crippen LogP contribution in [0.25, 0.3) is 0 Å². The largest absolute Gasteiger partial charge is 0.354 e. The number of hydrogen-bond donors (Lipinski definition) is 2. The molecule has 0 spiro atoms. The Kier molecular flexibility index (Phi) is 9.54. The first-order valence-corrected chi connectivity index (χ1v) is 9.94. The fourth-order valence-corrected chi connectivity index (χ4v) is 3.86. The highest BCUT2D eigenvalue weighted by Crippen LogP contribution is 2.23. The van der Waals surface area contributed by atoms with Gasteiger partial charge in [-0.25, -0.2) is 4.98 Å². The lowest BCUT2D eigenvalue weighted by molar-refractivity contribution is 0.221. The van der Waals surface area contributed by atoms with Crippen LogP contribution < -0.4 is 10.6 Å². The van der Waals surface area contributed by atoms with Crippen molar-refractivity contribution in [3.8, 4) is 0 Å². The second-order valence-electron chi connectivity index (χ2n) is 7.95. The topological polar surface area (TPSA) is 52.5 Å². The quantitative estimate of drug-likeness (QED) is 0.285. The van der Waals surface area contributed by atoms with Crippen molar-refractivity contribution < 1.29 is 0 Å². The third-order valence-corrected chi connectivity index (χ3v) is 5.22. The molecule has 5 nitrogen and oxygen atoms in total. The van der Waals surface area contributed by atoms with Crippen LogP contribution in [-0.4, -0.2) is 48.6 Å². The summed E-state index contributed by atoms with van der Waals surface area (Å²) in [6.07, 6.45) is 2.28. The van der Waals surface area contributed by atoms with Crippen molar-refractivity contribution in [3.05, 3.63) is 28.2 Å². The average molecular weight is 491 g/mol. The Balaban J connectivity index is 0.00000338. The van der Waals surface area contributed by atoms with Gasteiger partial charge in [0.15, 0.2) is 5.96 Å². The van der Waals surface area contributed by atoms with Crippen molar-refractivity contribution in [2.24, 2.45) is 4.99 Å². The molecule has 0 bridgehead atoms. The van der Waals surface area contributed by atoms with E-state index in [1.54, 1.807) is 11.3 Å². The van der Waals surface area contributed by atoms with Crippen molar-refractivity contribution in [2.45, 2.75) is 58.5 Å². The normalized spacial score (nSPS) is 16.9. The first kappa shape index (κ1) is 23.4. The minimum absolute atomic E-state index is 0. The molecule has 1 saturated heterocycles. The van der Waals surface area contributed by atoms with E-state index in [2.05, 4.69) is 60.2 Å². The van der Waals surface area contributed by atoms with Gasteiger partial charge in [0.05, 0.1) is 12.2 Å². The molecule has 0 amide bonds. The average Bonchev–Trinajstić information content (AvgIpc) is 3.02. The Morgan fingerprint density at radius 1 is 1.38 bits per heavy atom. The Bertz CT molecular complexity index is 597. The predicted octanol–water partition coefficient (Wildman–Crippen LogP) is 3.76. The van der Waals surface area contributed by atoms with Crippen LogP contribution in [-0.2, 0) is 12.0 Å². The standard InChI is InChI=1S/C19H33N5S.HI/c1-14(2)12-24-9-7-15(8-10-24)22-18(20-6)21-11-17-23-16(13-25-17)19(3,4)5;/h13,15H,1,7-12H2,2-6H3,(H2,20,21,22);1H. The maximum Gasteiger partial charge on any atom is 0.191 e.